The molecule has 0 saturated heterocycles. The van der Waals surface area contributed by atoms with Crippen LogP contribution in [0.3, 0.4) is 0 Å². The van der Waals surface area contributed by atoms with E-state index < -0.39 is 57.2 Å². The van der Waals surface area contributed by atoms with Gasteiger partial charge in [-0.25, -0.2) is 0 Å². The van der Waals surface area contributed by atoms with E-state index in [1.54, 1.807) is 12.1 Å². The number of carbonyl (C=O) groups is 1. The summed E-state index contributed by atoms with van der Waals surface area (Å²) in [5.41, 5.74) is -0.328. The van der Waals surface area contributed by atoms with Crippen LogP contribution in [0, 0.1) is 0 Å². The molecule has 11 nitrogen and oxygen atoms in total. The monoisotopic (exact) mass is 600 g/mol. The molecule has 4 aromatic rings. The van der Waals surface area contributed by atoms with Crippen LogP contribution in [-0.2, 0) is 20.9 Å². The molecule has 1 aliphatic rings. The molecule has 0 bridgehead atoms. The minimum atomic E-state index is -1.03. The normalized spacial score (nSPS) is 13.5. The Hall–Kier alpha value is -4.42. The summed E-state index contributed by atoms with van der Waals surface area (Å²) in [5, 5.41) is 51.6. The van der Waals surface area contributed by atoms with Gasteiger partial charge in [0.1, 0.15) is 28.2 Å². The Kier molecular flexibility index (Phi) is 6.74. The lowest BCUT2D eigenvalue weighted by Crippen LogP contribution is -2.17. The van der Waals surface area contributed by atoms with Gasteiger partial charge in [-0.2, -0.15) is 0 Å². The highest BCUT2D eigenvalue weighted by Crippen LogP contribution is 2.48. The first-order chi connectivity index (χ1) is 18.6. The maximum Gasteiger partial charge on any atom is 0.306 e. The van der Waals surface area contributed by atoms with E-state index in [0.717, 1.165) is 18.2 Å². The molecule has 0 spiro atoms. The van der Waals surface area contributed by atoms with Crippen LogP contribution in [-0.4, -0.2) is 45.4 Å². The average Bonchev–Trinajstić information content (AvgIpc) is 2.90. The Morgan fingerprint density at radius 3 is 2.51 bits per heavy atom. The van der Waals surface area contributed by atoms with Gasteiger partial charge in [-0.3, -0.25) is 9.59 Å². The second-order valence-electron chi connectivity index (χ2n) is 8.77. The van der Waals surface area contributed by atoms with E-state index in [9.17, 15) is 35.1 Å². The summed E-state index contributed by atoms with van der Waals surface area (Å²) in [6.45, 7) is 0.152. The van der Waals surface area contributed by atoms with E-state index in [0.29, 0.717) is 21.3 Å². The number of halogens is 1. The van der Waals surface area contributed by atoms with E-state index in [-0.39, 0.29) is 36.5 Å². The highest BCUT2D eigenvalue weighted by Gasteiger charge is 2.33. The van der Waals surface area contributed by atoms with Crippen molar-refractivity contribution in [1.82, 2.24) is 0 Å². The number of rotatable bonds is 5. The van der Waals surface area contributed by atoms with Crippen molar-refractivity contribution in [2.24, 2.45) is 0 Å². The largest absolute Gasteiger partial charge is 0.507 e. The van der Waals surface area contributed by atoms with Crippen molar-refractivity contribution in [3.8, 4) is 45.8 Å². The molecule has 1 atom stereocenters. The van der Waals surface area contributed by atoms with Crippen LogP contribution >= 0.6 is 15.9 Å². The molecule has 0 aliphatic carbocycles. The number of hydrogen-bond acceptors (Lipinski definition) is 11. The van der Waals surface area contributed by atoms with Gasteiger partial charge in [-0.1, -0.05) is 15.9 Å². The summed E-state index contributed by atoms with van der Waals surface area (Å²) in [7, 11) is 1.20. The molecule has 3 aromatic carbocycles. The van der Waals surface area contributed by atoms with E-state index in [1.807, 2.05) is 0 Å². The second kappa shape index (κ2) is 10.0. The smallest absolute Gasteiger partial charge is 0.306 e. The minimum Gasteiger partial charge on any atom is -0.507 e. The topological polar surface area (TPSA) is 176 Å². The molecule has 0 radical (unpaired) electrons. The number of carbonyl (C=O) groups excluding carboxylic acids is 1. The summed E-state index contributed by atoms with van der Waals surface area (Å²) in [6, 6.07) is 7.83. The van der Waals surface area contributed by atoms with E-state index in [4.69, 9.17) is 18.6 Å². The number of fused-ring (bicyclic) bond motifs is 2. The van der Waals surface area contributed by atoms with Gasteiger partial charge in [-0.15, -0.1) is 0 Å². The Bertz CT molecular complexity index is 1690. The minimum absolute atomic E-state index is 0.0143. The van der Waals surface area contributed by atoms with Gasteiger partial charge in [0, 0.05) is 38.7 Å². The third kappa shape index (κ3) is 4.57. The number of benzene rings is 3. The van der Waals surface area contributed by atoms with E-state index >= 15 is 0 Å². The first-order valence-electron chi connectivity index (χ1n) is 11.5. The Balaban J connectivity index is 1.87. The maximum absolute atomic E-state index is 13.3. The SMILES string of the molecule is COC(=O)C[C@@H](c1cc(Br)cc2c1OCOC2)c1c(O)cc(O)c2c(=O)c(O)c(-c3ccc(O)c(O)c3)oc12. The lowest BCUT2D eigenvalue weighted by atomic mass is 9.85. The van der Waals surface area contributed by atoms with Crippen molar-refractivity contribution in [3.63, 3.8) is 0 Å². The highest BCUT2D eigenvalue weighted by atomic mass is 79.9. The Morgan fingerprint density at radius 1 is 1.03 bits per heavy atom. The average molecular weight is 601 g/mol. The molecule has 2 heterocycles. The van der Waals surface area contributed by atoms with Gasteiger partial charge < -0.3 is 44.2 Å². The molecule has 5 N–H and O–H groups in total. The lowest BCUT2D eigenvalue weighted by molar-refractivity contribution is -0.140. The summed E-state index contributed by atoms with van der Waals surface area (Å²) in [4.78, 5) is 25.9. The summed E-state index contributed by atoms with van der Waals surface area (Å²) in [5.74, 6) is -4.77. The van der Waals surface area contributed by atoms with E-state index in [1.165, 1.54) is 13.2 Å². The molecular weight excluding hydrogens is 580 g/mol. The van der Waals surface area contributed by atoms with Crippen molar-refractivity contribution in [1.29, 1.82) is 0 Å². The number of esters is 1. The summed E-state index contributed by atoms with van der Waals surface area (Å²) < 4.78 is 22.6. The van der Waals surface area contributed by atoms with Gasteiger partial charge in [-0.05, 0) is 30.3 Å². The van der Waals surface area contributed by atoms with Crippen molar-refractivity contribution in [2.45, 2.75) is 18.9 Å². The molecule has 39 heavy (non-hydrogen) atoms. The molecule has 202 valence electrons. The third-order valence-electron chi connectivity index (χ3n) is 6.40. The predicted octanol–water partition coefficient (Wildman–Crippen LogP) is 4.31. The second-order valence-corrected chi connectivity index (χ2v) is 9.69. The lowest BCUT2D eigenvalue weighted by Gasteiger charge is -2.26. The number of ether oxygens (including phenoxy) is 3. The van der Waals surface area contributed by atoms with Crippen LogP contribution in [0.5, 0.6) is 34.5 Å². The fourth-order valence-electron chi connectivity index (χ4n) is 4.63. The number of phenolic OH excluding ortho intramolecular Hbond substituents is 4. The zero-order valence-corrected chi connectivity index (χ0v) is 21.8. The molecule has 0 fully saturated rings. The predicted molar refractivity (Wildman–Crippen MR) is 139 cm³/mol. The van der Waals surface area contributed by atoms with Crippen molar-refractivity contribution >= 4 is 32.9 Å². The van der Waals surface area contributed by atoms with Crippen LogP contribution in [0.2, 0.25) is 0 Å². The van der Waals surface area contributed by atoms with Gasteiger partial charge >= 0.3 is 5.97 Å². The fraction of sp³-hybridized carbons (Fsp3) is 0.185. The Labute approximate surface area is 228 Å². The summed E-state index contributed by atoms with van der Waals surface area (Å²) >= 11 is 3.44. The molecule has 12 heteroatoms. The third-order valence-corrected chi connectivity index (χ3v) is 6.86. The number of aromatic hydroxyl groups is 5. The van der Waals surface area contributed by atoms with Gasteiger partial charge in [0.25, 0.3) is 0 Å². The van der Waals surface area contributed by atoms with Gasteiger partial charge in [0.2, 0.25) is 11.2 Å². The quantitative estimate of drug-likeness (QED) is 0.163. The van der Waals surface area contributed by atoms with Crippen molar-refractivity contribution in [2.75, 3.05) is 13.9 Å². The van der Waals surface area contributed by atoms with Crippen LogP contribution in [0.4, 0.5) is 0 Å². The van der Waals surface area contributed by atoms with Crippen LogP contribution < -0.4 is 10.2 Å². The van der Waals surface area contributed by atoms with Gasteiger partial charge in [0.05, 0.1) is 20.1 Å². The maximum atomic E-state index is 13.3. The molecule has 1 aliphatic heterocycles. The fourth-order valence-corrected chi connectivity index (χ4v) is 5.15. The van der Waals surface area contributed by atoms with E-state index in [2.05, 4.69) is 15.9 Å². The number of methoxy groups -OCH3 is 1. The molecule has 0 saturated carbocycles. The molecule has 0 amide bonds. The number of phenols is 4. The van der Waals surface area contributed by atoms with Crippen molar-refractivity contribution < 1.29 is 49.0 Å². The first kappa shape index (κ1) is 26.2. The Morgan fingerprint density at radius 2 is 1.79 bits per heavy atom. The zero-order valence-electron chi connectivity index (χ0n) is 20.2. The number of hydrogen-bond donors (Lipinski definition) is 5. The van der Waals surface area contributed by atoms with Crippen LogP contribution in [0.15, 0.2) is 50.1 Å². The van der Waals surface area contributed by atoms with Crippen LogP contribution in [0.1, 0.15) is 29.0 Å². The molecule has 0 unspecified atom stereocenters. The summed E-state index contributed by atoms with van der Waals surface area (Å²) in [6.07, 6.45) is -0.336. The van der Waals surface area contributed by atoms with Gasteiger partial charge in [0.15, 0.2) is 24.1 Å². The highest BCUT2D eigenvalue weighted by molar-refractivity contribution is 9.10. The van der Waals surface area contributed by atoms with Crippen LogP contribution in [0.25, 0.3) is 22.3 Å². The first-order valence-corrected chi connectivity index (χ1v) is 12.3. The molecule has 1 aromatic heterocycles. The standard InChI is InChI=1S/C27H21BrO11/c1-36-20(33)7-14(15-6-13(28)4-12-9-37-10-38-25(12)15)21-18(31)8-19(32)22-23(34)24(35)26(39-27(21)22)11-2-3-16(29)17(30)5-11/h2-6,8,14,29-32,35H,7,9-10H2,1H3/t14-/m0/s1. The molecular formula is C27H21BrO11. The van der Waals surface area contributed by atoms with Crippen molar-refractivity contribution in [3.05, 3.63) is 67.8 Å². The molecule has 5 rings (SSSR count). The zero-order chi connectivity index (χ0) is 28.0.